The molecule has 1 heterocycles. The predicted molar refractivity (Wildman–Crippen MR) is 80.4 cm³/mol. The van der Waals surface area contributed by atoms with E-state index in [2.05, 4.69) is 10.4 Å². The SMILES string of the molecule is Cc1ccc(C(N)C(=O)NCc2ccnn2C)cc1.Cl. The molecule has 0 saturated heterocycles. The Morgan fingerprint density at radius 1 is 1.35 bits per heavy atom. The number of benzene rings is 1. The molecule has 0 bridgehead atoms. The highest BCUT2D eigenvalue weighted by atomic mass is 35.5. The third kappa shape index (κ3) is 3.82. The van der Waals surface area contributed by atoms with Crippen molar-refractivity contribution in [1.82, 2.24) is 15.1 Å². The van der Waals surface area contributed by atoms with Gasteiger partial charge >= 0.3 is 0 Å². The minimum absolute atomic E-state index is 0. The molecule has 3 N–H and O–H groups in total. The van der Waals surface area contributed by atoms with Crippen molar-refractivity contribution in [2.45, 2.75) is 19.5 Å². The zero-order valence-electron chi connectivity index (χ0n) is 11.5. The van der Waals surface area contributed by atoms with Crippen LogP contribution in [0.1, 0.15) is 22.9 Å². The zero-order chi connectivity index (χ0) is 13.8. The summed E-state index contributed by atoms with van der Waals surface area (Å²) in [4.78, 5) is 12.0. The van der Waals surface area contributed by atoms with Crippen molar-refractivity contribution in [2.75, 3.05) is 0 Å². The fourth-order valence-electron chi connectivity index (χ4n) is 1.79. The second kappa shape index (κ2) is 7.07. The van der Waals surface area contributed by atoms with Gasteiger partial charge in [-0.2, -0.15) is 5.10 Å². The molecular formula is C14H19ClN4O. The van der Waals surface area contributed by atoms with Gasteiger partial charge in [0.15, 0.2) is 0 Å². The summed E-state index contributed by atoms with van der Waals surface area (Å²) >= 11 is 0. The van der Waals surface area contributed by atoms with Crippen molar-refractivity contribution in [3.8, 4) is 0 Å². The third-order valence-electron chi connectivity index (χ3n) is 3.09. The molecule has 20 heavy (non-hydrogen) atoms. The molecule has 5 nitrogen and oxygen atoms in total. The summed E-state index contributed by atoms with van der Waals surface area (Å²) in [7, 11) is 1.83. The van der Waals surface area contributed by atoms with Gasteiger partial charge in [-0.3, -0.25) is 9.48 Å². The molecule has 1 unspecified atom stereocenters. The van der Waals surface area contributed by atoms with Crippen molar-refractivity contribution < 1.29 is 4.79 Å². The van der Waals surface area contributed by atoms with Gasteiger partial charge in [-0.15, -0.1) is 12.4 Å². The van der Waals surface area contributed by atoms with Gasteiger partial charge in [0.2, 0.25) is 5.91 Å². The van der Waals surface area contributed by atoms with Crippen LogP contribution < -0.4 is 11.1 Å². The first kappa shape index (κ1) is 16.2. The molecule has 0 fully saturated rings. The van der Waals surface area contributed by atoms with E-state index in [1.165, 1.54) is 0 Å². The van der Waals surface area contributed by atoms with Crippen LogP contribution in [0.2, 0.25) is 0 Å². The topological polar surface area (TPSA) is 72.9 Å². The lowest BCUT2D eigenvalue weighted by atomic mass is 10.1. The van der Waals surface area contributed by atoms with Crippen LogP contribution in [0.4, 0.5) is 0 Å². The van der Waals surface area contributed by atoms with Crippen LogP contribution in [-0.4, -0.2) is 15.7 Å². The molecule has 0 saturated carbocycles. The minimum Gasteiger partial charge on any atom is -0.349 e. The Kier molecular flexibility index (Phi) is 5.73. The summed E-state index contributed by atoms with van der Waals surface area (Å²) in [6.45, 7) is 2.42. The lowest BCUT2D eigenvalue weighted by Crippen LogP contribution is -2.34. The Labute approximate surface area is 124 Å². The van der Waals surface area contributed by atoms with Crippen LogP contribution in [0.3, 0.4) is 0 Å². The normalized spacial score (nSPS) is 11.6. The summed E-state index contributed by atoms with van der Waals surface area (Å²) in [5.74, 6) is -0.190. The van der Waals surface area contributed by atoms with Gasteiger partial charge < -0.3 is 11.1 Å². The number of nitrogens with zero attached hydrogens (tertiary/aromatic N) is 2. The van der Waals surface area contributed by atoms with Crippen LogP contribution in [0.5, 0.6) is 0 Å². The Bertz CT molecular complexity index is 565. The lowest BCUT2D eigenvalue weighted by Gasteiger charge is -2.13. The van der Waals surface area contributed by atoms with E-state index in [1.54, 1.807) is 10.9 Å². The van der Waals surface area contributed by atoms with Crippen molar-refractivity contribution in [2.24, 2.45) is 12.8 Å². The van der Waals surface area contributed by atoms with E-state index in [-0.39, 0.29) is 18.3 Å². The molecule has 108 valence electrons. The number of aromatic nitrogens is 2. The molecule has 6 heteroatoms. The molecular weight excluding hydrogens is 276 g/mol. The van der Waals surface area contributed by atoms with Crippen molar-refractivity contribution in [3.63, 3.8) is 0 Å². The van der Waals surface area contributed by atoms with E-state index in [9.17, 15) is 4.79 Å². The van der Waals surface area contributed by atoms with Crippen molar-refractivity contribution in [1.29, 1.82) is 0 Å². The standard InChI is InChI=1S/C14H18N4O.ClH/c1-10-3-5-11(6-4-10)13(15)14(19)16-9-12-7-8-17-18(12)2;/h3-8,13H,9,15H2,1-2H3,(H,16,19);1H. The Hall–Kier alpha value is -1.85. The van der Waals surface area contributed by atoms with Gasteiger partial charge in [-0.05, 0) is 18.6 Å². The number of aryl methyl sites for hydroxylation is 2. The van der Waals surface area contributed by atoms with Gasteiger partial charge in [-0.1, -0.05) is 29.8 Å². The predicted octanol–water partition coefficient (Wildman–Crippen LogP) is 1.47. The maximum Gasteiger partial charge on any atom is 0.241 e. The number of nitrogens with one attached hydrogen (secondary N) is 1. The summed E-state index contributed by atoms with van der Waals surface area (Å²) < 4.78 is 1.72. The van der Waals surface area contributed by atoms with Crippen LogP contribution >= 0.6 is 12.4 Å². The second-order valence-corrected chi connectivity index (χ2v) is 4.55. The van der Waals surface area contributed by atoms with E-state index in [4.69, 9.17) is 5.73 Å². The average Bonchev–Trinajstić information content (AvgIpc) is 2.81. The van der Waals surface area contributed by atoms with Crippen LogP contribution in [-0.2, 0) is 18.4 Å². The highest BCUT2D eigenvalue weighted by molar-refractivity contribution is 5.85. The van der Waals surface area contributed by atoms with Gasteiger partial charge in [0.25, 0.3) is 0 Å². The molecule has 1 aromatic carbocycles. The summed E-state index contributed by atoms with van der Waals surface area (Å²) in [5, 5.41) is 6.86. The smallest absolute Gasteiger partial charge is 0.241 e. The molecule has 0 aliphatic carbocycles. The highest BCUT2D eigenvalue weighted by Crippen LogP contribution is 2.11. The van der Waals surface area contributed by atoms with Gasteiger partial charge in [0, 0.05) is 13.2 Å². The second-order valence-electron chi connectivity index (χ2n) is 4.55. The fourth-order valence-corrected chi connectivity index (χ4v) is 1.79. The number of halogens is 1. The van der Waals surface area contributed by atoms with Gasteiger partial charge in [0.1, 0.15) is 6.04 Å². The third-order valence-corrected chi connectivity index (χ3v) is 3.09. The number of nitrogens with two attached hydrogens (primary N) is 1. The number of rotatable bonds is 4. The fraction of sp³-hybridized carbons (Fsp3) is 0.286. The number of carbonyl (C=O) groups is 1. The van der Waals surface area contributed by atoms with Crippen molar-refractivity contribution >= 4 is 18.3 Å². The number of hydrogen-bond acceptors (Lipinski definition) is 3. The van der Waals surface area contributed by atoms with Crippen LogP contribution in [0.25, 0.3) is 0 Å². The largest absolute Gasteiger partial charge is 0.349 e. The summed E-state index contributed by atoms with van der Waals surface area (Å²) in [5.41, 5.74) is 8.82. The number of amides is 1. The minimum atomic E-state index is -0.645. The van der Waals surface area contributed by atoms with Crippen LogP contribution in [0, 0.1) is 6.92 Å². The highest BCUT2D eigenvalue weighted by Gasteiger charge is 2.15. The summed E-state index contributed by atoms with van der Waals surface area (Å²) in [6.07, 6.45) is 1.70. The first-order valence-corrected chi connectivity index (χ1v) is 6.14. The summed E-state index contributed by atoms with van der Waals surface area (Å²) in [6, 6.07) is 8.87. The molecule has 1 aromatic heterocycles. The first-order valence-electron chi connectivity index (χ1n) is 6.14. The molecule has 0 aliphatic rings. The molecule has 0 radical (unpaired) electrons. The van der Waals surface area contributed by atoms with Crippen LogP contribution in [0.15, 0.2) is 36.5 Å². The number of hydrogen-bond donors (Lipinski definition) is 2. The van der Waals surface area contributed by atoms with E-state index < -0.39 is 6.04 Å². The Morgan fingerprint density at radius 2 is 2.00 bits per heavy atom. The Morgan fingerprint density at radius 3 is 2.55 bits per heavy atom. The van der Waals surface area contributed by atoms with E-state index in [0.29, 0.717) is 6.54 Å². The number of carbonyl (C=O) groups excluding carboxylic acids is 1. The van der Waals surface area contributed by atoms with E-state index in [0.717, 1.165) is 16.8 Å². The first-order chi connectivity index (χ1) is 9.08. The maximum absolute atomic E-state index is 12.0. The quantitative estimate of drug-likeness (QED) is 0.897. The average molecular weight is 295 g/mol. The zero-order valence-corrected chi connectivity index (χ0v) is 12.4. The Balaban J connectivity index is 0.00000200. The van der Waals surface area contributed by atoms with Crippen molar-refractivity contribution in [3.05, 3.63) is 53.3 Å². The molecule has 1 atom stereocenters. The lowest BCUT2D eigenvalue weighted by molar-refractivity contribution is -0.122. The molecule has 2 aromatic rings. The van der Waals surface area contributed by atoms with Gasteiger partial charge in [0.05, 0.1) is 12.2 Å². The van der Waals surface area contributed by atoms with E-state index >= 15 is 0 Å². The monoisotopic (exact) mass is 294 g/mol. The molecule has 0 aliphatic heterocycles. The van der Waals surface area contributed by atoms with E-state index in [1.807, 2.05) is 44.3 Å². The molecule has 2 rings (SSSR count). The van der Waals surface area contributed by atoms with Gasteiger partial charge in [-0.25, -0.2) is 0 Å². The molecule has 0 spiro atoms. The molecule has 1 amide bonds. The maximum atomic E-state index is 12.0.